The van der Waals surface area contributed by atoms with E-state index in [1.54, 1.807) is 4.90 Å². The van der Waals surface area contributed by atoms with Gasteiger partial charge < -0.3 is 31.1 Å². The van der Waals surface area contributed by atoms with Gasteiger partial charge in [-0.15, -0.1) is 0 Å². The summed E-state index contributed by atoms with van der Waals surface area (Å²) in [6.07, 6.45) is -1.04. The highest BCUT2D eigenvalue weighted by Gasteiger charge is 2.39. The van der Waals surface area contributed by atoms with Crippen LogP contribution in [0, 0.1) is 10.8 Å². The number of carboxylic acid groups (broad SMARTS) is 1. The molecule has 0 aromatic heterocycles. The van der Waals surface area contributed by atoms with Gasteiger partial charge in [-0.2, -0.15) is 0 Å². The molecule has 10 nitrogen and oxygen atoms in total. The Bertz CT molecular complexity index is 619. The predicted molar refractivity (Wildman–Crippen MR) is 131 cm³/mol. The maximum absolute atomic E-state index is 11.7. The Morgan fingerprint density at radius 1 is 0.818 bits per heavy atom. The number of carbonyl (C=O) groups is 2. The van der Waals surface area contributed by atoms with E-state index in [0.717, 1.165) is 39.3 Å². The van der Waals surface area contributed by atoms with Gasteiger partial charge in [0.05, 0.1) is 19.2 Å². The van der Waals surface area contributed by atoms with Crippen LogP contribution in [0.5, 0.6) is 0 Å². The zero-order valence-corrected chi connectivity index (χ0v) is 21.8. The lowest BCUT2D eigenvalue weighted by atomic mass is 9.84. The van der Waals surface area contributed by atoms with Crippen LogP contribution in [-0.4, -0.2) is 122 Å². The number of amides is 2. The summed E-state index contributed by atoms with van der Waals surface area (Å²) in [7, 11) is 1.44. The molecule has 194 valence electrons. The Balaban J connectivity index is 0.000000331. The van der Waals surface area contributed by atoms with Gasteiger partial charge in [-0.3, -0.25) is 9.80 Å². The molecule has 2 unspecified atom stereocenters. The van der Waals surface area contributed by atoms with Crippen LogP contribution in [-0.2, 0) is 4.74 Å². The fourth-order valence-electron chi connectivity index (χ4n) is 4.50. The third-order valence-electron chi connectivity index (χ3n) is 6.47. The highest BCUT2D eigenvalue weighted by molar-refractivity contribution is 5.68. The number of methoxy groups -OCH3 is 1. The van der Waals surface area contributed by atoms with Gasteiger partial charge in [0.15, 0.2) is 0 Å². The first-order chi connectivity index (χ1) is 15.3. The molecule has 0 aliphatic carbocycles. The summed E-state index contributed by atoms with van der Waals surface area (Å²) in [5.74, 6) is 0. The molecule has 10 heteroatoms. The van der Waals surface area contributed by atoms with E-state index in [2.05, 4.69) is 51.3 Å². The minimum absolute atomic E-state index is 0.0361. The van der Waals surface area contributed by atoms with E-state index < -0.39 is 6.09 Å². The quantitative estimate of drug-likeness (QED) is 0.560. The molecular formula is C23H48N6O4. The topological polar surface area (TPSA) is 129 Å². The van der Waals surface area contributed by atoms with E-state index in [1.807, 2.05) is 4.90 Å². The highest BCUT2D eigenvalue weighted by atomic mass is 16.5. The zero-order chi connectivity index (χ0) is 25.4. The molecule has 2 aliphatic heterocycles. The van der Waals surface area contributed by atoms with Crippen LogP contribution in [0.3, 0.4) is 0 Å². The Morgan fingerprint density at radius 3 is 1.55 bits per heavy atom. The van der Waals surface area contributed by atoms with Crippen LogP contribution >= 0.6 is 0 Å². The van der Waals surface area contributed by atoms with Gasteiger partial charge in [-0.1, -0.05) is 41.5 Å². The SMILES string of the molecule is CC(C)(C)C1CN(CCN)CCN1C(=O)O.COC(=O)N1CCN(CCN)CC1C(C)(C)C. The number of nitrogens with zero attached hydrogens (tertiary/aromatic N) is 4. The van der Waals surface area contributed by atoms with Crippen LogP contribution in [0.15, 0.2) is 0 Å². The molecule has 0 bridgehead atoms. The van der Waals surface area contributed by atoms with Gasteiger partial charge in [0.2, 0.25) is 0 Å². The number of hydrogen-bond acceptors (Lipinski definition) is 7. The second kappa shape index (κ2) is 12.7. The Hall–Kier alpha value is -1.62. The third kappa shape index (κ3) is 8.92. The molecular weight excluding hydrogens is 424 g/mol. The molecule has 0 aromatic rings. The smallest absolute Gasteiger partial charge is 0.409 e. The summed E-state index contributed by atoms with van der Waals surface area (Å²) < 4.78 is 4.85. The van der Waals surface area contributed by atoms with Crippen molar-refractivity contribution in [3.8, 4) is 0 Å². The Kier molecular flexibility index (Phi) is 11.3. The number of rotatable bonds is 4. The number of hydrogen-bond donors (Lipinski definition) is 3. The first-order valence-electron chi connectivity index (χ1n) is 11.9. The lowest BCUT2D eigenvalue weighted by Gasteiger charge is -2.46. The average molecular weight is 473 g/mol. The molecule has 2 heterocycles. The van der Waals surface area contributed by atoms with Gasteiger partial charge in [-0.25, -0.2) is 9.59 Å². The normalized spacial score (nSPS) is 23.1. The molecule has 2 aliphatic rings. The fourth-order valence-corrected chi connectivity index (χ4v) is 4.50. The van der Waals surface area contributed by atoms with E-state index in [1.165, 1.54) is 7.11 Å². The van der Waals surface area contributed by atoms with Crippen LogP contribution < -0.4 is 11.5 Å². The Morgan fingerprint density at radius 2 is 1.21 bits per heavy atom. The van der Waals surface area contributed by atoms with Crippen molar-refractivity contribution in [3.05, 3.63) is 0 Å². The van der Waals surface area contributed by atoms with E-state index >= 15 is 0 Å². The van der Waals surface area contributed by atoms with Crippen LogP contribution in [0.25, 0.3) is 0 Å². The average Bonchev–Trinajstić information content (AvgIpc) is 2.72. The van der Waals surface area contributed by atoms with Gasteiger partial charge >= 0.3 is 12.2 Å². The van der Waals surface area contributed by atoms with E-state index in [4.69, 9.17) is 16.2 Å². The molecule has 2 atom stereocenters. The van der Waals surface area contributed by atoms with E-state index in [-0.39, 0.29) is 29.0 Å². The van der Waals surface area contributed by atoms with Crippen molar-refractivity contribution in [1.29, 1.82) is 0 Å². The molecule has 2 saturated heterocycles. The minimum Gasteiger partial charge on any atom is -0.465 e. The summed E-state index contributed by atoms with van der Waals surface area (Å²) in [4.78, 5) is 30.9. The van der Waals surface area contributed by atoms with E-state index in [0.29, 0.717) is 26.2 Å². The Labute approximate surface area is 200 Å². The molecule has 33 heavy (non-hydrogen) atoms. The molecule has 0 aromatic carbocycles. The van der Waals surface area contributed by atoms with Crippen molar-refractivity contribution >= 4 is 12.2 Å². The molecule has 5 N–H and O–H groups in total. The van der Waals surface area contributed by atoms with Crippen molar-refractivity contribution in [2.45, 2.75) is 53.6 Å². The number of piperazine rings is 2. The molecule has 0 saturated carbocycles. The molecule has 0 radical (unpaired) electrons. The van der Waals surface area contributed by atoms with Gasteiger partial charge in [0, 0.05) is 65.4 Å². The van der Waals surface area contributed by atoms with Crippen molar-refractivity contribution < 1.29 is 19.4 Å². The van der Waals surface area contributed by atoms with Crippen LogP contribution in [0.2, 0.25) is 0 Å². The maximum atomic E-state index is 11.7. The molecule has 2 fully saturated rings. The van der Waals surface area contributed by atoms with Crippen LogP contribution in [0.4, 0.5) is 9.59 Å². The van der Waals surface area contributed by atoms with Crippen molar-refractivity contribution in [2.24, 2.45) is 22.3 Å². The number of carbonyl (C=O) groups excluding carboxylic acids is 1. The lowest BCUT2D eigenvalue weighted by Crippen LogP contribution is -2.60. The largest absolute Gasteiger partial charge is 0.465 e. The standard InChI is InChI=1S/C12H25N3O2.C11H23N3O2/c1-12(2,3)10-9-14(6-5-13)7-8-15(10)11(16)17-4;1-11(2,3)9-8-13(5-4-12)6-7-14(9)10(15)16/h10H,5-9,13H2,1-4H3;9H,4-8,12H2,1-3H3,(H,15,16). The van der Waals surface area contributed by atoms with Gasteiger partial charge in [0.25, 0.3) is 0 Å². The minimum atomic E-state index is -0.813. The summed E-state index contributed by atoms with van der Waals surface area (Å²) in [5, 5.41) is 9.17. The van der Waals surface area contributed by atoms with Gasteiger partial charge in [-0.05, 0) is 10.8 Å². The number of ether oxygens (including phenoxy) is 1. The third-order valence-corrected chi connectivity index (χ3v) is 6.47. The highest BCUT2D eigenvalue weighted by Crippen LogP contribution is 2.28. The first kappa shape index (κ1) is 29.4. The predicted octanol–water partition coefficient (Wildman–Crippen LogP) is 1.40. The first-order valence-corrected chi connectivity index (χ1v) is 11.9. The van der Waals surface area contributed by atoms with E-state index in [9.17, 15) is 14.7 Å². The van der Waals surface area contributed by atoms with Gasteiger partial charge in [0.1, 0.15) is 0 Å². The second-order valence-corrected chi connectivity index (χ2v) is 11.1. The van der Waals surface area contributed by atoms with Crippen molar-refractivity contribution in [2.75, 3.05) is 72.6 Å². The summed E-state index contributed by atoms with van der Waals surface area (Å²) in [6, 6.07) is 0.223. The molecule has 2 amide bonds. The maximum Gasteiger partial charge on any atom is 0.409 e. The zero-order valence-electron chi connectivity index (χ0n) is 21.8. The molecule has 2 rings (SSSR count). The monoisotopic (exact) mass is 472 g/mol. The lowest BCUT2D eigenvalue weighted by molar-refractivity contribution is 0.0162. The summed E-state index contributed by atoms with van der Waals surface area (Å²) in [5.41, 5.74) is 11.1. The fraction of sp³-hybridized carbons (Fsp3) is 0.913. The van der Waals surface area contributed by atoms with Crippen LogP contribution in [0.1, 0.15) is 41.5 Å². The van der Waals surface area contributed by atoms with Crippen molar-refractivity contribution in [3.63, 3.8) is 0 Å². The van der Waals surface area contributed by atoms with Crippen molar-refractivity contribution in [1.82, 2.24) is 19.6 Å². The molecule has 0 spiro atoms. The summed E-state index contributed by atoms with van der Waals surface area (Å²) in [6.45, 7) is 20.3. The summed E-state index contributed by atoms with van der Waals surface area (Å²) >= 11 is 0. The number of nitrogens with two attached hydrogens (primary N) is 2. The second-order valence-electron chi connectivity index (χ2n) is 11.1.